The maximum atomic E-state index is 11.7. The Balaban J connectivity index is 2.76. The quantitative estimate of drug-likeness (QED) is 0.473. The molecule has 0 aromatic heterocycles. The van der Waals surface area contributed by atoms with Gasteiger partial charge in [-0.3, -0.25) is 4.79 Å². The molecule has 0 fully saturated rings. The van der Waals surface area contributed by atoms with E-state index in [1.165, 1.54) is 12.1 Å². The smallest absolute Gasteiger partial charge is 0.256 e. The lowest BCUT2D eigenvalue weighted by Gasteiger charge is -2.04. The van der Waals surface area contributed by atoms with Crippen LogP contribution in [0.5, 0.6) is 0 Å². The van der Waals surface area contributed by atoms with Gasteiger partial charge in [-0.05, 0) is 12.1 Å². The van der Waals surface area contributed by atoms with Gasteiger partial charge in [0.25, 0.3) is 5.91 Å². The van der Waals surface area contributed by atoms with Crippen molar-refractivity contribution in [1.82, 2.24) is 5.32 Å². The van der Waals surface area contributed by atoms with Crippen LogP contribution in [-0.2, 0) is 0 Å². The maximum absolute atomic E-state index is 11.7. The Bertz CT molecular complexity index is 661. The van der Waals surface area contributed by atoms with Gasteiger partial charge >= 0.3 is 0 Å². The number of amides is 1. The number of nitriles is 1. The van der Waals surface area contributed by atoms with E-state index >= 15 is 0 Å². The molecule has 0 aliphatic carbocycles. The summed E-state index contributed by atoms with van der Waals surface area (Å²) in [5.41, 5.74) is 6.55. The van der Waals surface area contributed by atoms with Crippen LogP contribution in [0.25, 0.3) is 5.70 Å². The molecule has 2 rings (SSSR count). The molecule has 1 aromatic carbocycles. The van der Waals surface area contributed by atoms with E-state index in [0.29, 0.717) is 11.1 Å². The van der Waals surface area contributed by atoms with E-state index in [4.69, 9.17) is 46.4 Å². The Kier molecular flexibility index (Phi) is 3.26. The third-order valence-corrected chi connectivity index (χ3v) is 3.35. The van der Waals surface area contributed by atoms with Gasteiger partial charge in [0, 0.05) is 5.56 Å². The van der Waals surface area contributed by atoms with E-state index in [1.54, 1.807) is 0 Å². The van der Waals surface area contributed by atoms with Crippen molar-refractivity contribution >= 4 is 52.0 Å². The molecular formula is C11H5Cl2N3OS. The van der Waals surface area contributed by atoms with Crippen molar-refractivity contribution in [3.05, 3.63) is 38.9 Å². The monoisotopic (exact) mass is 297 g/mol. The molecule has 0 saturated carbocycles. The summed E-state index contributed by atoms with van der Waals surface area (Å²) in [4.78, 5) is 11.7. The third-order valence-electron chi connectivity index (χ3n) is 2.42. The van der Waals surface area contributed by atoms with Crippen molar-refractivity contribution in [3.63, 3.8) is 0 Å². The second-order valence-electron chi connectivity index (χ2n) is 3.49. The number of nitrogens with one attached hydrogen (secondary N) is 1. The molecule has 0 radical (unpaired) electrons. The highest BCUT2D eigenvalue weighted by molar-refractivity contribution is 7.80. The number of nitrogens with two attached hydrogens (primary N) is 1. The lowest BCUT2D eigenvalue weighted by molar-refractivity contribution is 0.0981. The molecule has 0 spiro atoms. The average molecular weight is 298 g/mol. The van der Waals surface area contributed by atoms with Crippen LogP contribution < -0.4 is 11.1 Å². The highest BCUT2D eigenvalue weighted by Gasteiger charge is 2.28. The van der Waals surface area contributed by atoms with Crippen molar-refractivity contribution in [3.8, 4) is 6.07 Å². The van der Waals surface area contributed by atoms with Crippen LogP contribution in [0.15, 0.2) is 17.7 Å². The summed E-state index contributed by atoms with van der Waals surface area (Å²) in [6, 6.07) is 4.80. The zero-order valence-corrected chi connectivity index (χ0v) is 11.1. The average Bonchev–Trinajstić information content (AvgIpc) is 2.58. The maximum Gasteiger partial charge on any atom is 0.256 e. The lowest BCUT2D eigenvalue weighted by atomic mass is 10.1. The van der Waals surface area contributed by atoms with Crippen molar-refractivity contribution < 1.29 is 4.79 Å². The lowest BCUT2D eigenvalue weighted by Crippen LogP contribution is -2.18. The number of benzene rings is 1. The van der Waals surface area contributed by atoms with Gasteiger partial charge in [-0.1, -0.05) is 35.4 Å². The molecule has 1 heterocycles. The largest absolute Gasteiger partial charge is 0.389 e. The van der Waals surface area contributed by atoms with Crippen LogP contribution in [-0.4, -0.2) is 10.9 Å². The number of fused-ring (bicyclic) bond motifs is 1. The number of nitrogens with zero attached hydrogens (tertiary/aromatic N) is 1. The minimum atomic E-state index is -0.373. The Morgan fingerprint density at radius 1 is 1.33 bits per heavy atom. The Morgan fingerprint density at radius 3 is 2.39 bits per heavy atom. The number of hydrogen-bond acceptors (Lipinski definition) is 3. The predicted molar refractivity (Wildman–Crippen MR) is 73.2 cm³/mol. The van der Waals surface area contributed by atoms with Crippen LogP contribution in [0.3, 0.4) is 0 Å². The van der Waals surface area contributed by atoms with Gasteiger partial charge in [0.1, 0.15) is 16.6 Å². The van der Waals surface area contributed by atoms with Crippen LogP contribution in [0.4, 0.5) is 0 Å². The normalized spacial score (nSPS) is 15.7. The van der Waals surface area contributed by atoms with Crippen LogP contribution in [0, 0.1) is 11.3 Å². The standard InChI is InChI=1S/C11H5Cl2N3OS/c12-7-1-4-5(2-8(7)13)11(17)16-9(4)6(3-14)10(15)18/h1-2H,(H2,15,18)(H,16,17). The van der Waals surface area contributed by atoms with Crippen molar-refractivity contribution in [2.45, 2.75) is 0 Å². The molecule has 0 unspecified atom stereocenters. The first-order chi connectivity index (χ1) is 8.45. The molecule has 4 nitrogen and oxygen atoms in total. The molecule has 1 aromatic rings. The first kappa shape index (κ1) is 12.8. The molecule has 0 atom stereocenters. The fourth-order valence-electron chi connectivity index (χ4n) is 1.62. The first-order valence-electron chi connectivity index (χ1n) is 4.70. The Hall–Kier alpha value is -1.61. The van der Waals surface area contributed by atoms with Crippen molar-refractivity contribution in [1.29, 1.82) is 5.26 Å². The predicted octanol–water partition coefficient (Wildman–Crippen LogP) is 2.26. The number of thiocarbonyl (C=S) groups is 1. The molecule has 90 valence electrons. The van der Waals surface area contributed by atoms with E-state index < -0.39 is 0 Å². The van der Waals surface area contributed by atoms with Gasteiger partial charge < -0.3 is 11.1 Å². The summed E-state index contributed by atoms with van der Waals surface area (Å²) in [6.07, 6.45) is 0. The molecule has 1 aliphatic heterocycles. The minimum absolute atomic E-state index is 0.0375. The molecule has 1 aliphatic rings. The fraction of sp³-hybridized carbons (Fsp3) is 0. The molecule has 0 bridgehead atoms. The number of halogens is 2. The van der Waals surface area contributed by atoms with Gasteiger partial charge in [0.05, 0.1) is 21.3 Å². The highest BCUT2D eigenvalue weighted by atomic mass is 35.5. The molecule has 18 heavy (non-hydrogen) atoms. The summed E-state index contributed by atoms with van der Waals surface area (Å²) in [7, 11) is 0. The summed E-state index contributed by atoms with van der Waals surface area (Å²) < 4.78 is 0. The van der Waals surface area contributed by atoms with Gasteiger partial charge in [-0.25, -0.2) is 0 Å². The SMILES string of the molecule is N#CC(C(N)=S)=C1NC(=O)c2cc(Cl)c(Cl)cc21. The highest BCUT2D eigenvalue weighted by Crippen LogP contribution is 2.33. The zero-order valence-electron chi connectivity index (χ0n) is 8.75. The number of hydrogen-bond donors (Lipinski definition) is 2. The first-order valence-corrected chi connectivity index (χ1v) is 5.87. The number of carbonyl (C=O) groups excluding carboxylic acids is 1. The van der Waals surface area contributed by atoms with Gasteiger partial charge in [-0.2, -0.15) is 5.26 Å². The fourth-order valence-corrected chi connectivity index (χ4v) is 2.10. The third kappa shape index (κ3) is 1.95. The molecule has 1 amide bonds. The Labute approximate surface area is 118 Å². The van der Waals surface area contributed by atoms with E-state index in [-0.39, 0.29) is 32.2 Å². The van der Waals surface area contributed by atoms with Crippen molar-refractivity contribution in [2.75, 3.05) is 0 Å². The summed E-state index contributed by atoms with van der Waals surface area (Å²) in [5, 5.41) is 12.1. The second-order valence-corrected chi connectivity index (χ2v) is 4.75. The van der Waals surface area contributed by atoms with Gasteiger partial charge in [0.2, 0.25) is 0 Å². The van der Waals surface area contributed by atoms with E-state index in [0.717, 1.165) is 0 Å². The van der Waals surface area contributed by atoms with Crippen LogP contribution >= 0.6 is 35.4 Å². The molecule has 7 heteroatoms. The number of carbonyl (C=O) groups is 1. The van der Waals surface area contributed by atoms with Gasteiger partial charge in [-0.15, -0.1) is 0 Å². The van der Waals surface area contributed by atoms with E-state index in [1.807, 2.05) is 6.07 Å². The van der Waals surface area contributed by atoms with Crippen LogP contribution in [0.2, 0.25) is 10.0 Å². The number of rotatable bonds is 1. The van der Waals surface area contributed by atoms with Crippen molar-refractivity contribution in [2.24, 2.45) is 5.73 Å². The Morgan fingerprint density at radius 2 is 1.89 bits per heavy atom. The molecular weight excluding hydrogens is 293 g/mol. The van der Waals surface area contributed by atoms with Crippen LogP contribution in [0.1, 0.15) is 15.9 Å². The molecule has 3 N–H and O–H groups in total. The zero-order chi connectivity index (χ0) is 13.4. The second kappa shape index (κ2) is 4.58. The summed E-state index contributed by atoms with van der Waals surface area (Å²) >= 11 is 16.5. The summed E-state index contributed by atoms with van der Waals surface area (Å²) in [6.45, 7) is 0. The van der Waals surface area contributed by atoms with E-state index in [9.17, 15) is 4.79 Å². The van der Waals surface area contributed by atoms with E-state index in [2.05, 4.69) is 5.32 Å². The summed E-state index contributed by atoms with van der Waals surface area (Å²) in [5.74, 6) is -0.373. The van der Waals surface area contributed by atoms with Gasteiger partial charge in [0.15, 0.2) is 0 Å². The topological polar surface area (TPSA) is 78.9 Å². The minimum Gasteiger partial charge on any atom is -0.389 e. The molecule has 0 saturated heterocycles.